The highest BCUT2D eigenvalue weighted by molar-refractivity contribution is 6.76. The van der Waals surface area contributed by atoms with Gasteiger partial charge in [0.1, 0.15) is 46.3 Å². The first-order valence-electron chi connectivity index (χ1n) is 23.8. The summed E-state index contributed by atoms with van der Waals surface area (Å²) in [7, 11) is 6.86. The van der Waals surface area contributed by atoms with Crippen LogP contribution in [0, 0.1) is 5.92 Å². The van der Waals surface area contributed by atoms with E-state index in [0.29, 0.717) is 78.5 Å². The fourth-order valence-electron chi connectivity index (χ4n) is 8.18. The molecule has 3 fully saturated rings. The van der Waals surface area contributed by atoms with Crippen LogP contribution in [0.2, 0.25) is 51.4 Å². The second-order valence-corrected chi connectivity index (χ2v) is 32.2. The zero-order valence-electron chi connectivity index (χ0n) is 44.2. The van der Waals surface area contributed by atoms with Gasteiger partial charge in [-0.05, 0) is 94.1 Å². The summed E-state index contributed by atoms with van der Waals surface area (Å²) < 4.78 is 78.8. The van der Waals surface area contributed by atoms with E-state index in [9.17, 15) is 9.59 Å². The van der Waals surface area contributed by atoms with Crippen LogP contribution in [0.1, 0.15) is 84.7 Å². The number of esters is 2. The van der Waals surface area contributed by atoms with E-state index in [0.717, 1.165) is 30.5 Å². The van der Waals surface area contributed by atoms with Crippen molar-refractivity contribution in [2.45, 2.75) is 140 Å². The maximum atomic E-state index is 13.3. The van der Waals surface area contributed by atoms with Crippen molar-refractivity contribution in [3.8, 4) is 23.0 Å². The second-order valence-electron chi connectivity index (χ2n) is 21.0. The molecule has 1 saturated carbocycles. The van der Waals surface area contributed by atoms with E-state index in [1.54, 1.807) is 53.7 Å². The predicted molar refractivity (Wildman–Crippen MR) is 268 cm³/mol. The lowest BCUT2D eigenvalue weighted by Crippen LogP contribution is -2.27. The minimum absolute atomic E-state index is 0.00740. The minimum Gasteiger partial charge on any atom is -0.497 e. The number of ether oxygens (including phenoxy) is 14. The van der Waals surface area contributed by atoms with Gasteiger partial charge in [-0.15, -0.1) is 0 Å². The molecule has 2 aromatic carbocycles. The van der Waals surface area contributed by atoms with Crippen molar-refractivity contribution in [2.24, 2.45) is 5.92 Å². The normalized spacial score (nSPS) is 22.7. The van der Waals surface area contributed by atoms with Crippen LogP contribution in [0.15, 0.2) is 30.3 Å². The van der Waals surface area contributed by atoms with Crippen LogP contribution in [0.3, 0.4) is 0 Å². The summed E-state index contributed by atoms with van der Waals surface area (Å²) in [6.45, 7) is 22.8. The molecule has 16 nitrogen and oxygen atoms in total. The van der Waals surface area contributed by atoms with E-state index in [-0.39, 0.29) is 49.9 Å². The maximum absolute atomic E-state index is 13.3. The molecule has 69 heavy (non-hydrogen) atoms. The summed E-state index contributed by atoms with van der Waals surface area (Å²) in [5, 5.41) is 0. The Balaban J connectivity index is 0.000000301. The Labute approximate surface area is 413 Å². The lowest BCUT2D eigenvalue weighted by molar-refractivity contribution is -0.150. The Morgan fingerprint density at radius 2 is 1.09 bits per heavy atom. The molecule has 2 aromatic rings. The van der Waals surface area contributed by atoms with Gasteiger partial charge in [0.05, 0.1) is 52.9 Å². The molecule has 2 aliphatic heterocycles. The van der Waals surface area contributed by atoms with Crippen LogP contribution < -0.4 is 18.9 Å². The van der Waals surface area contributed by atoms with Gasteiger partial charge in [-0.1, -0.05) is 51.4 Å². The van der Waals surface area contributed by atoms with Crippen LogP contribution in [0.25, 0.3) is 6.08 Å². The summed E-state index contributed by atoms with van der Waals surface area (Å²) in [6, 6.07) is 8.89. The van der Waals surface area contributed by atoms with E-state index < -0.39 is 33.7 Å². The summed E-state index contributed by atoms with van der Waals surface area (Å²) in [5.74, 6) is 0.351. The molecular formula is C51H82O16Si2. The number of benzene rings is 2. The van der Waals surface area contributed by atoms with Crippen molar-refractivity contribution in [1.29, 1.82) is 0 Å². The zero-order chi connectivity index (χ0) is 51.2. The maximum Gasteiger partial charge on any atom is 0.342 e. The van der Waals surface area contributed by atoms with Gasteiger partial charge in [0.25, 0.3) is 0 Å². The molecular weight excluding hydrogens is 925 g/mol. The Kier molecular flexibility index (Phi) is 22.0. The van der Waals surface area contributed by atoms with Crippen molar-refractivity contribution in [3.63, 3.8) is 0 Å². The van der Waals surface area contributed by atoms with E-state index in [1.807, 2.05) is 45.9 Å². The molecule has 2 heterocycles. The molecule has 18 heteroatoms. The molecule has 390 valence electrons. The average molecular weight is 1010 g/mol. The predicted octanol–water partition coefficient (Wildman–Crippen LogP) is 9.58. The zero-order valence-corrected chi connectivity index (χ0v) is 46.2. The van der Waals surface area contributed by atoms with Crippen LogP contribution in [-0.2, 0) is 47.4 Å². The molecule has 2 unspecified atom stereocenters. The van der Waals surface area contributed by atoms with Crippen LogP contribution >= 0.6 is 0 Å². The van der Waals surface area contributed by atoms with E-state index >= 15 is 0 Å². The van der Waals surface area contributed by atoms with E-state index in [1.165, 1.54) is 7.11 Å². The number of rotatable bonds is 26. The monoisotopic (exact) mass is 1010 g/mol. The highest BCUT2D eigenvalue weighted by Gasteiger charge is 2.49. The van der Waals surface area contributed by atoms with Crippen molar-refractivity contribution >= 4 is 34.2 Å². The van der Waals surface area contributed by atoms with Gasteiger partial charge in [0.2, 0.25) is 0 Å². The number of hydrogen-bond donors (Lipinski definition) is 0. The molecule has 0 N–H and O–H groups in total. The Bertz CT molecular complexity index is 1980. The van der Waals surface area contributed by atoms with Gasteiger partial charge in [0, 0.05) is 56.7 Å². The summed E-state index contributed by atoms with van der Waals surface area (Å²) in [4.78, 5) is 26.4. The SMILES string of the molecule is COCOc1cc(OC)cc(/C=C/C[C@@H]2OC(C)(C)O[C@@H]2COC)c1C(=O)OCC[Si](C)(C)C.COCOc1cc(OC)cc(C2CC2C[C@@H]2OC(C)(C)O[C@@H]2COC)c1C(=O)OCC[Si](C)(C)C. The first-order valence-corrected chi connectivity index (χ1v) is 31.3. The van der Waals surface area contributed by atoms with Gasteiger partial charge in [-0.3, -0.25) is 0 Å². The Morgan fingerprint density at radius 1 is 0.623 bits per heavy atom. The first kappa shape index (κ1) is 58.0. The molecule has 5 rings (SSSR count). The Morgan fingerprint density at radius 3 is 1.58 bits per heavy atom. The molecule has 0 spiro atoms. The minimum atomic E-state index is -1.35. The van der Waals surface area contributed by atoms with Gasteiger partial charge in [-0.25, -0.2) is 9.59 Å². The number of hydrogen-bond acceptors (Lipinski definition) is 16. The van der Waals surface area contributed by atoms with Gasteiger partial charge in [-0.2, -0.15) is 0 Å². The average Bonchev–Trinajstić information content (AvgIpc) is 3.88. The summed E-state index contributed by atoms with van der Waals surface area (Å²) in [5.41, 5.74) is 2.31. The Hall–Kier alpha value is -3.57. The molecule has 0 aromatic heterocycles. The largest absolute Gasteiger partial charge is 0.497 e. The van der Waals surface area contributed by atoms with Gasteiger partial charge in [0.15, 0.2) is 25.2 Å². The van der Waals surface area contributed by atoms with Crippen LogP contribution in [-0.4, -0.2) is 147 Å². The number of carbonyl (C=O) groups is 2. The van der Waals surface area contributed by atoms with Crippen molar-refractivity contribution in [1.82, 2.24) is 0 Å². The van der Waals surface area contributed by atoms with Crippen molar-refractivity contribution < 1.29 is 75.9 Å². The fraction of sp³-hybridized carbons (Fsp3) is 0.686. The van der Waals surface area contributed by atoms with Crippen molar-refractivity contribution in [2.75, 3.05) is 82.7 Å². The first-order chi connectivity index (χ1) is 32.5. The highest BCUT2D eigenvalue weighted by Crippen LogP contribution is 2.54. The lowest BCUT2D eigenvalue weighted by atomic mass is 9.98. The molecule has 0 radical (unpaired) electrons. The third-order valence-corrected chi connectivity index (χ3v) is 15.1. The molecule has 1 aliphatic carbocycles. The summed E-state index contributed by atoms with van der Waals surface area (Å²) in [6.07, 6.45) is 5.60. The van der Waals surface area contributed by atoms with E-state index in [2.05, 4.69) is 39.3 Å². The second kappa shape index (κ2) is 26.2. The van der Waals surface area contributed by atoms with Gasteiger partial charge < -0.3 is 66.3 Å². The molecule has 0 bridgehead atoms. The molecule has 6 atom stereocenters. The summed E-state index contributed by atoms with van der Waals surface area (Å²) >= 11 is 0. The van der Waals surface area contributed by atoms with Crippen LogP contribution in [0.4, 0.5) is 0 Å². The van der Waals surface area contributed by atoms with E-state index in [4.69, 9.17) is 66.3 Å². The lowest BCUT2D eigenvalue weighted by Gasteiger charge is -2.19. The number of carbonyl (C=O) groups excluding carboxylic acids is 2. The molecule has 0 amide bonds. The quantitative estimate of drug-likeness (QED) is 0.0497. The fourth-order valence-corrected chi connectivity index (χ4v) is 9.61. The van der Waals surface area contributed by atoms with Crippen molar-refractivity contribution in [3.05, 3.63) is 52.6 Å². The van der Waals surface area contributed by atoms with Gasteiger partial charge >= 0.3 is 11.9 Å². The highest BCUT2D eigenvalue weighted by atomic mass is 28.3. The standard InChI is InChI=1S/C26H42O8Si.C25H40O8Si/c1-26(2)33-21(23(34-26)15-28-3)12-17-11-19(17)20-13-18(30-5)14-22(32-16-29-4)24(20)25(27)31-9-10-35(6,7)8;1-25(2)32-20(22(33-25)16-27-3)11-9-10-18-14-19(29-5)15-21(31-17-28-4)23(18)24(26)30-12-13-34(6,7)8/h13-14,17,19,21,23H,9-12,15-16H2,1-8H3;9-10,14-15,20,22H,11-13,16-17H2,1-8H3/b;10-9+/t17?,19?,21-,23+;20-,22+/m00/s1. The number of methoxy groups -OCH3 is 6. The molecule has 3 aliphatic rings. The third-order valence-electron chi connectivity index (χ3n) is 11.7. The van der Waals surface area contributed by atoms with Crippen LogP contribution in [0.5, 0.6) is 23.0 Å². The smallest absolute Gasteiger partial charge is 0.342 e. The topological polar surface area (TPSA) is 163 Å². The molecule has 2 saturated heterocycles. The third kappa shape index (κ3) is 18.5.